The lowest BCUT2D eigenvalue weighted by atomic mass is 9.58. The minimum absolute atomic E-state index is 0.235. The molecule has 1 heterocycles. The SMILES string of the molecule is NC(CCCCB(O)O)CCN1CCC(Cc2ccccc2)(C2CCC2)CC1. The van der Waals surface area contributed by atoms with E-state index in [0.717, 1.165) is 38.1 Å². The predicted octanol–water partition coefficient (Wildman–Crippen LogP) is 3.47. The van der Waals surface area contributed by atoms with E-state index in [1.807, 2.05) is 0 Å². The Labute approximate surface area is 171 Å². The molecule has 156 valence electrons. The standard InChI is InChI=1S/C23H39BN2O2/c25-22(11-4-5-15-24(27)28)12-16-26-17-13-23(14-18-26,21-9-6-10-21)19-20-7-2-1-3-8-20/h1-3,7-8,21-22,27-28H,4-6,9-19,25H2. The Bertz CT molecular complexity index is 557. The predicted molar refractivity (Wildman–Crippen MR) is 117 cm³/mol. The van der Waals surface area contributed by atoms with Crippen LogP contribution in [0.25, 0.3) is 0 Å². The number of nitrogens with two attached hydrogens (primary N) is 1. The van der Waals surface area contributed by atoms with E-state index >= 15 is 0 Å². The summed E-state index contributed by atoms with van der Waals surface area (Å²) in [5, 5.41) is 17.8. The highest BCUT2D eigenvalue weighted by molar-refractivity contribution is 6.40. The molecule has 1 saturated carbocycles. The summed E-state index contributed by atoms with van der Waals surface area (Å²) >= 11 is 0. The molecule has 4 nitrogen and oxygen atoms in total. The second-order valence-electron chi connectivity index (χ2n) is 9.31. The largest absolute Gasteiger partial charge is 0.451 e. The van der Waals surface area contributed by atoms with Gasteiger partial charge in [0.1, 0.15) is 0 Å². The van der Waals surface area contributed by atoms with Gasteiger partial charge in [-0.15, -0.1) is 0 Å². The molecule has 0 radical (unpaired) electrons. The van der Waals surface area contributed by atoms with Crippen molar-refractivity contribution in [2.75, 3.05) is 19.6 Å². The fourth-order valence-electron chi connectivity index (χ4n) is 5.20. The third kappa shape index (κ3) is 6.31. The maximum Gasteiger partial charge on any atom is 0.451 e. The van der Waals surface area contributed by atoms with Crippen molar-refractivity contribution in [1.82, 2.24) is 4.90 Å². The third-order valence-electron chi connectivity index (χ3n) is 7.33. The van der Waals surface area contributed by atoms with Crippen LogP contribution in [0, 0.1) is 11.3 Å². The summed E-state index contributed by atoms with van der Waals surface area (Å²) in [6.07, 6.45) is 12.5. The second-order valence-corrected chi connectivity index (χ2v) is 9.31. The highest BCUT2D eigenvalue weighted by Gasteiger charge is 2.43. The summed E-state index contributed by atoms with van der Waals surface area (Å²) in [5.41, 5.74) is 8.32. The summed E-state index contributed by atoms with van der Waals surface area (Å²) in [5.74, 6) is 0.930. The summed E-state index contributed by atoms with van der Waals surface area (Å²) in [6, 6.07) is 11.3. The molecule has 2 fully saturated rings. The van der Waals surface area contributed by atoms with Crippen LogP contribution < -0.4 is 5.73 Å². The number of nitrogens with zero attached hydrogens (tertiary/aromatic N) is 1. The average molecular weight is 386 g/mol. The number of hydrogen-bond acceptors (Lipinski definition) is 4. The molecular formula is C23H39BN2O2. The number of benzene rings is 1. The van der Waals surface area contributed by atoms with Crippen molar-refractivity contribution >= 4 is 7.12 Å². The molecule has 1 aliphatic heterocycles. The van der Waals surface area contributed by atoms with Gasteiger partial charge in [0.25, 0.3) is 0 Å². The molecule has 0 aromatic heterocycles. The normalized spacial score (nSPS) is 21.2. The van der Waals surface area contributed by atoms with E-state index < -0.39 is 7.12 Å². The van der Waals surface area contributed by atoms with E-state index in [9.17, 15) is 0 Å². The molecule has 1 unspecified atom stereocenters. The van der Waals surface area contributed by atoms with Gasteiger partial charge in [-0.1, -0.05) is 49.6 Å². The van der Waals surface area contributed by atoms with Gasteiger partial charge in [0.2, 0.25) is 0 Å². The molecular weight excluding hydrogens is 347 g/mol. The highest BCUT2D eigenvalue weighted by atomic mass is 16.4. The Morgan fingerprint density at radius 3 is 2.39 bits per heavy atom. The van der Waals surface area contributed by atoms with Crippen LogP contribution in [0.5, 0.6) is 0 Å². The summed E-state index contributed by atoms with van der Waals surface area (Å²) in [4.78, 5) is 2.62. The first-order valence-electron chi connectivity index (χ1n) is 11.5. The van der Waals surface area contributed by atoms with Crippen molar-refractivity contribution in [2.45, 2.75) is 76.6 Å². The molecule has 2 aliphatic rings. The van der Waals surface area contributed by atoms with Gasteiger partial charge >= 0.3 is 7.12 Å². The Hall–Kier alpha value is -0.875. The number of likely N-dealkylation sites (tertiary alicyclic amines) is 1. The lowest BCUT2D eigenvalue weighted by Crippen LogP contribution is -2.47. The molecule has 1 aromatic carbocycles. The van der Waals surface area contributed by atoms with Crippen LogP contribution in [-0.4, -0.2) is 47.7 Å². The minimum atomic E-state index is -1.17. The molecule has 1 atom stereocenters. The number of piperidine rings is 1. The summed E-state index contributed by atoms with van der Waals surface area (Å²) in [6.45, 7) is 3.54. The van der Waals surface area contributed by atoms with E-state index in [0.29, 0.717) is 11.7 Å². The Morgan fingerprint density at radius 1 is 1.07 bits per heavy atom. The molecule has 5 heteroatoms. The van der Waals surface area contributed by atoms with Gasteiger partial charge in [0.15, 0.2) is 0 Å². The van der Waals surface area contributed by atoms with E-state index in [1.165, 1.54) is 57.2 Å². The van der Waals surface area contributed by atoms with Crippen molar-refractivity contribution in [3.05, 3.63) is 35.9 Å². The molecule has 1 saturated heterocycles. The van der Waals surface area contributed by atoms with E-state index in [4.69, 9.17) is 15.8 Å². The maximum atomic E-state index is 8.91. The van der Waals surface area contributed by atoms with E-state index in [1.54, 1.807) is 0 Å². The molecule has 1 aromatic rings. The summed E-state index contributed by atoms with van der Waals surface area (Å²) in [7, 11) is -1.17. The van der Waals surface area contributed by atoms with Crippen LogP contribution in [0.3, 0.4) is 0 Å². The summed E-state index contributed by atoms with van der Waals surface area (Å²) < 4.78 is 0. The minimum Gasteiger partial charge on any atom is -0.427 e. The first-order chi connectivity index (χ1) is 13.6. The van der Waals surface area contributed by atoms with Crippen LogP contribution in [0.2, 0.25) is 6.32 Å². The van der Waals surface area contributed by atoms with Crippen LogP contribution in [0.4, 0.5) is 0 Å². The maximum absolute atomic E-state index is 8.91. The van der Waals surface area contributed by atoms with Gasteiger partial charge in [-0.05, 0) is 87.8 Å². The first-order valence-corrected chi connectivity index (χ1v) is 11.5. The van der Waals surface area contributed by atoms with Gasteiger partial charge in [0.05, 0.1) is 0 Å². The zero-order valence-electron chi connectivity index (χ0n) is 17.4. The van der Waals surface area contributed by atoms with Gasteiger partial charge in [0, 0.05) is 6.04 Å². The third-order valence-corrected chi connectivity index (χ3v) is 7.33. The smallest absolute Gasteiger partial charge is 0.427 e. The van der Waals surface area contributed by atoms with E-state index in [2.05, 4.69) is 35.2 Å². The van der Waals surface area contributed by atoms with Crippen LogP contribution in [0.15, 0.2) is 30.3 Å². The van der Waals surface area contributed by atoms with Crippen molar-refractivity contribution in [3.63, 3.8) is 0 Å². The van der Waals surface area contributed by atoms with Crippen LogP contribution >= 0.6 is 0 Å². The number of unbranched alkanes of at least 4 members (excludes halogenated alkanes) is 1. The molecule has 1 aliphatic carbocycles. The fourth-order valence-corrected chi connectivity index (χ4v) is 5.20. The van der Waals surface area contributed by atoms with Gasteiger partial charge in [-0.25, -0.2) is 0 Å². The van der Waals surface area contributed by atoms with Crippen molar-refractivity contribution in [2.24, 2.45) is 17.1 Å². The zero-order valence-corrected chi connectivity index (χ0v) is 17.4. The molecule has 3 rings (SSSR count). The van der Waals surface area contributed by atoms with Gasteiger partial charge in [-0.3, -0.25) is 0 Å². The van der Waals surface area contributed by atoms with Crippen molar-refractivity contribution in [1.29, 1.82) is 0 Å². The molecule has 4 N–H and O–H groups in total. The van der Waals surface area contributed by atoms with E-state index in [-0.39, 0.29) is 6.04 Å². The van der Waals surface area contributed by atoms with Crippen LogP contribution in [-0.2, 0) is 6.42 Å². The Kier molecular flexibility index (Phi) is 8.40. The Balaban J connectivity index is 1.41. The lowest BCUT2D eigenvalue weighted by molar-refractivity contribution is 0.00879. The molecule has 0 amide bonds. The average Bonchev–Trinajstić information content (AvgIpc) is 2.64. The number of hydrogen-bond donors (Lipinski definition) is 3. The monoisotopic (exact) mass is 386 g/mol. The van der Waals surface area contributed by atoms with Crippen molar-refractivity contribution < 1.29 is 10.0 Å². The second kappa shape index (κ2) is 10.8. The van der Waals surface area contributed by atoms with Crippen LogP contribution in [0.1, 0.15) is 63.4 Å². The fraction of sp³-hybridized carbons (Fsp3) is 0.739. The zero-order chi connectivity index (χ0) is 19.8. The number of rotatable bonds is 11. The molecule has 28 heavy (non-hydrogen) atoms. The quantitative estimate of drug-likeness (QED) is 0.402. The Morgan fingerprint density at radius 2 is 1.79 bits per heavy atom. The first kappa shape index (κ1) is 21.8. The highest BCUT2D eigenvalue weighted by Crippen LogP contribution is 2.50. The lowest BCUT2D eigenvalue weighted by Gasteiger charge is -2.50. The molecule has 0 bridgehead atoms. The molecule has 0 spiro atoms. The topological polar surface area (TPSA) is 69.7 Å². The van der Waals surface area contributed by atoms with Gasteiger partial charge < -0.3 is 20.7 Å². The van der Waals surface area contributed by atoms with Crippen molar-refractivity contribution in [3.8, 4) is 0 Å². The van der Waals surface area contributed by atoms with Gasteiger partial charge in [-0.2, -0.15) is 0 Å².